The molecular formula is C8H16N2OS. The van der Waals surface area contributed by atoms with Gasteiger partial charge >= 0.3 is 0 Å². The monoisotopic (exact) mass is 188 g/mol. The molecule has 0 aromatic rings. The van der Waals surface area contributed by atoms with Crippen molar-refractivity contribution in [1.29, 1.82) is 0 Å². The zero-order valence-corrected chi connectivity index (χ0v) is 8.27. The van der Waals surface area contributed by atoms with Crippen molar-refractivity contribution in [2.24, 2.45) is 5.73 Å². The first-order valence-electron chi connectivity index (χ1n) is 4.29. The number of carbonyl (C=O) groups excluding carboxylic acids is 1. The summed E-state index contributed by atoms with van der Waals surface area (Å²) in [4.78, 5) is 13.2. The van der Waals surface area contributed by atoms with Crippen LogP contribution in [0, 0.1) is 0 Å². The van der Waals surface area contributed by atoms with Crippen molar-refractivity contribution in [3.8, 4) is 0 Å². The summed E-state index contributed by atoms with van der Waals surface area (Å²) in [5.41, 5.74) is 5.75. The molecule has 2 N–H and O–H groups in total. The van der Waals surface area contributed by atoms with Gasteiger partial charge in [-0.15, -0.1) is 0 Å². The van der Waals surface area contributed by atoms with Crippen LogP contribution in [0.5, 0.6) is 0 Å². The van der Waals surface area contributed by atoms with Crippen molar-refractivity contribution >= 4 is 17.7 Å². The molecule has 0 aromatic carbocycles. The lowest BCUT2D eigenvalue weighted by molar-refractivity contribution is -0.131. The lowest BCUT2D eigenvalue weighted by atomic mass is 10.3. The van der Waals surface area contributed by atoms with Crippen molar-refractivity contribution in [3.05, 3.63) is 0 Å². The van der Waals surface area contributed by atoms with Crippen LogP contribution in [-0.2, 0) is 4.79 Å². The fraction of sp³-hybridized carbons (Fsp3) is 0.875. The highest BCUT2D eigenvalue weighted by Crippen LogP contribution is 2.14. The highest BCUT2D eigenvalue weighted by Gasteiger charge is 2.24. The molecule has 1 rings (SSSR count). The Morgan fingerprint density at radius 3 is 3.00 bits per heavy atom. The molecule has 0 spiro atoms. The van der Waals surface area contributed by atoms with E-state index in [4.69, 9.17) is 5.73 Å². The molecule has 1 saturated heterocycles. The Kier molecular flexibility index (Phi) is 3.88. The molecule has 1 aliphatic rings. The van der Waals surface area contributed by atoms with E-state index in [9.17, 15) is 4.79 Å². The minimum Gasteiger partial charge on any atom is -0.327 e. The van der Waals surface area contributed by atoms with E-state index >= 15 is 0 Å². The molecule has 1 fully saturated rings. The van der Waals surface area contributed by atoms with Crippen LogP contribution in [0.4, 0.5) is 0 Å². The van der Waals surface area contributed by atoms with Crippen molar-refractivity contribution in [2.75, 3.05) is 18.6 Å². The molecular weight excluding hydrogens is 172 g/mol. The third-order valence-electron chi connectivity index (χ3n) is 2.14. The first-order valence-corrected chi connectivity index (χ1v) is 5.69. The van der Waals surface area contributed by atoms with Gasteiger partial charge in [-0.3, -0.25) is 4.79 Å². The van der Waals surface area contributed by atoms with Crippen LogP contribution in [0.1, 0.15) is 19.3 Å². The van der Waals surface area contributed by atoms with Gasteiger partial charge in [0, 0.05) is 18.7 Å². The van der Waals surface area contributed by atoms with Gasteiger partial charge in [-0.2, -0.15) is 11.8 Å². The summed E-state index contributed by atoms with van der Waals surface area (Å²) in [6, 6.07) is 0. The quantitative estimate of drug-likeness (QED) is 0.707. The van der Waals surface area contributed by atoms with Crippen LogP contribution in [0.25, 0.3) is 0 Å². The lowest BCUT2D eigenvalue weighted by Gasteiger charge is -2.20. The summed E-state index contributed by atoms with van der Waals surface area (Å²) in [6.07, 6.45) is 4.66. The number of hydrogen-bond acceptors (Lipinski definition) is 3. The van der Waals surface area contributed by atoms with E-state index in [1.165, 1.54) is 0 Å². The second-order valence-corrected chi connectivity index (χ2v) is 4.03. The Morgan fingerprint density at radius 1 is 1.75 bits per heavy atom. The summed E-state index contributed by atoms with van der Waals surface area (Å²) in [5, 5.41) is 0. The van der Waals surface area contributed by atoms with Crippen molar-refractivity contribution in [3.63, 3.8) is 0 Å². The van der Waals surface area contributed by atoms with Gasteiger partial charge in [-0.05, 0) is 19.1 Å². The molecule has 3 nitrogen and oxygen atoms in total. The fourth-order valence-electron chi connectivity index (χ4n) is 1.44. The Bertz CT molecular complexity index is 163. The summed E-state index contributed by atoms with van der Waals surface area (Å²) in [6.45, 7) is 0.856. The molecule has 70 valence electrons. The first kappa shape index (κ1) is 9.86. The van der Waals surface area contributed by atoms with E-state index in [1.807, 2.05) is 6.26 Å². The van der Waals surface area contributed by atoms with Crippen LogP contribution in [0.3, 0.4) is 0 Å². The third-order valence-corrected chi connectivity index (χ3v) is 2.75. The minimum absolute atomic E-state index is 0.0145. The number of carbonyl (C=O) groups is 1. The number of rotatable bonds is 3. The zero-order valence-electron chi connectivity index (χ0n) is 7.45. The van der Waals surface area contributed by atoms with Crippen molar-refractivity contribution in [2.45, 2.75) is 25.4 Å². The SMILES string of the molecule is CSCCC(=O)N1CCCC1N. The predicted octanol–water partition coefficient (Wildman–Crippen LogP) is 0.647. The average molecular weight is 188 g/mol. The van der Waals surface area contributed by atoms with Gasteiger partial charge in [0.15, 0.2) is 0 Å². The van der Waals surface area contributed by atoms with E-state index in [0.29, 0.717) is 6.42 Å². The molecule has 1 unspecified atom stereocenters. The van der Waals surface area contributed by atoms with Gasteiger partial charge in [-0.25, -0.2) is 0 Å². The predicted molar refractivity (Wildman–Crippen MR) is 51.9 cm³/mol. The molecule has 0 aliphatic carbocycles. The van der Waals surface area contributed by atoms with E-state index in [2.05, 4.69) is 0 Å². The molecule has 4 heteroatoms. The highest BCUT2D eigenvalue weighted by atomic mass is 32.2. The summed E-state index contributed by atoms with van der Waals surface area (Å²) >= 11 is 1.70. The summed E-state index contributed by atoms with van der Waals surface area (Å²) in [5.74, 6) is 1.12. The van der Waals surface area contributed by atoms with Crippen LogP contribution in [0.15, 0.2) is 0 Å². The van der Waals surface area contributed by atoms with E-state index in [0.717, 1.165) is 25.1 Å². The Hall–Kier alpha value is -0.220. The summed E-state index contributed by atoms with van der Waals surface area (Å²) in [7, 11) is 0. The fourth-order valence-corrected chi connectivity index (χ4v) is 1.81. The van der Waals surface area contributed by atoms with Crippen LogP contribution >= 0.6 is 11.8 Å². The minimum atomic E-state index is -0.0145. The van der Waals surface area contributed by atoms with E-state index < -0.39 is 0 Å². The van der Waals surface area contributed by atoms with Crippen molar-refractivity contribution in [1.82, 2.24) is 4.90 Å². The number of nitrogens with zero attached hydrogens (tertiary/aromatic N) is 1. The molecule has 1 aliphatic heterocycles. The maximum absolute atomic E-state index is 11.4. The number of nitrogens with two attached hydrogens (primary N) is 1. The molecule has 12 heavy (non-hydrogen) atoms. The number of hydrogen-bond donors (Lipinski definition) is 1. The largest absolute Gasteiger partial charge is 0.327 e. The Labute approximate surface area is 77.7 Å². The second kappa shape index (κ2) is 4.72. The first-order chi connectivity index (χ1) is 5.75. The molecule has 0 radical (unpaired) electrons. The number of thioether (sulfide) groups is 1. The van der Waals surface area contributed by atoms with E-state index in [1.54, 1.807) is 16.7 Å². The van der Waals surface area contributed by atoms with Gasteiger partial charge in [-0.1, -0.05) is 0 Å². The standard InChI is InChI=1S/C8H16N2OS/c1-12-6-4-8(11)10-5-2-3-7(10)9/h7H,2-6,9H2,1H3. The van der Waals surface area contributed by atoms with Crippen LogP contribution in [0.2, 0.25) is 0 Å². The van der Waals surface area contributed by atoms with Crippen molar-refractivity contribution < 1.29 is 4.79 Å². The van der Waals surface area contributed by atoms with Gasteiger partial charge in [0.05, 0.1) is 6.17 Å². The third kappa shape index (κ3) is 2.38. The zero-order chi connectivity index (χ0) is 8.97. The normalized spacial score (nSPS) is 23.2. The molecule has 0 aromatic heterocycles. The van der Waals surface area contributed by atoms with Gasteiger partial charge in [0.2, 0.25) is 5.91 Å². The van der Waals surface area contributed by atoms with E-state index in [-0.39, 0.29) is 12.1 Å². The van der Waals surface area contributed by atoms with Gasteiger partial charge in [0.25, 0.3) is 0 Å². The lowest BCUT2D eigenvalue weighted by Crippen LogP contribution is -2.41. The van der Waals surface area contributed by atoms with Gasteiger partial charge < -0.3 is 10.6 Å². The second-order valence-electron chi connectivity index (χ2n) is 3.04. The maximum atomic E-state index is 11.4. The molecule has 1 heterocycles. The molecule has 1 amide bonds. The molecule has 0 saturated carbocycles. The van der Waals surface area contributed by atoms with Gasteiger partial charge in [0.1, 0.15) is 0 Å². The maximum Gasteiger partial charge on any atom is 0.224 e. The molecule has 1 atom stereocenters. The van der Waals surface area contributed by atoms with Crippen LogP contribution in [-0.4, -0.2) is 35.5 Å². The Balaban J connectivity index is 2.30. The smallest absolute Gasteiger partial charge is 0.224 e. The number of amides is 1. The number of likely N-dealkylation sites (tertiary alicyclic amines) is 1. The van der Waals surface area contributed by atoms with Crippen LogP contribution < -0.4 is 5.73 Å². The topological polar surface area (TPSA) is 46.3 Å². The highest BCUT2D eigenvalue weighted by molar-refractivity contribution is 7.98. The molecule has 0 bridgehead atoms. The average Bonchev–Trinajstić information content (AvgIpc) is 2.47. The Morgan fingerprint density at radius 2 is 2.50 bits per heavy atom. The summed E-state index contributed by atoms with van der Waals surface area (Å²) < 4.78 is 0.